The summed E-state index contributed by atoms with van der Waals surface area (Å²) in [5.41, 5.74) is 1.33. The van der Waals surface area contributed by atoms with Crippen LogP contribution in [0.25, 0.3) is 0 Å². The fourth-order valence-electron chi connectivity index (χ4n) is 5.50. The number of hydrogen-bond acceptors (Lipinski definition) is 3. The average molecular weight is 329 g/mol. The van der Waals surface area contributed by atoms with E-state index in [1.54, 1.807) is 14.2 Å². The molecule has 3 fully saturated rings. The van der Waals surface area contributed by atoms with Crippen molar-refractivity contribution in [2.75, 3.05) is 27.3 Å². The first kappa shape index (κ1) is 16.3. The molecule has 24 heavy (non-hydrogen) atoms. The van der Waals surface area contributed by atoms with Crippen molar-refractivity contribution in [3.8, 4) is 11.5 Å². The fourth-order valence-corrected chi connectivity index (χ4v) is 5.50. The molecule has 2 saturated carbocycles. The van der Waals surface area contributed by atoms with Crippen LogP contribution in [0.3, 0.4) is 0 Å². The SMILES string of the molecule is COc1ccc(OC)c(C2CCN(C3C[C@H]4CC[C@H](C3)C4)CC2)c1. The van der Waals surface area contributed by atoms with Crippen LogP contribution in [0.2, 0.25) is 0 Å². The Labute approximate surface area is 146 Å². The molecular weight excluding hydrogens is 298 g/mol. The number of methoxy groups -OCH3 is 2. The van der Waals surface area contributed by atoms with Crippen LogP contribution >= 0.6 is 0 Å². The largest absolute Gasteiger partial charge is 0.497 e. The summed E-state index contributed by atoms with van der Waals surface area (Å²) in [7, 11) is 3.52. The minimum Gasteiger partial charge on any atom is -0.497 e. The Morgan fingerprint density at radius 3 is 2.21 bits per heavy atom. The molecule has 1 aliphatic heterocycles. The van der Waals surface area contributed by atoms with E-state index < -0.39 is 0 Å². The van der Waals surface area contributed by atoms with Crippen molar-refractivity contribution >= 4 is 0 Å². The zero-order valence-corrected chi connectivity index (χ0v) is 15.2. The van der Waals surface area contributed by atoms with Crippen molar-refractivity contribution in [3.05, 3.63) is 23.8 Å². The van der Waals surface area contributed by atoms with Crippen molar-refractivity contribution in [1.29, 1.82) is 0 Å². The van der Waals surface area contributed by atoms with Crippen molar-refractivity contribution in [3.63, 3.8) is 0 Å². The van der Waals surface area contributed by atoms with Crippen LogP contribution in [0.1, 0.15) is 56.4 Å². The number of nitrogens with zero attached hydrogens (tertiary/aromatic N) is 1. The van der Waals surface area contributed by atoms with Crippen molar-refractivity contribution < 1.29 is 9.47 Å². The third-order valence-electron chi connectivity index (χ3n) is 6.78. The predicted octanol–water partition coefficient (Wildman–Crippen LogP) is 4.46. The van der Waals surface area contributed by atoms with Gasteiger partial charge in [-0.05, 0) is 81.1 Å². The summed E-state index contributed by atoms with van der Waals surface area (Å²) in [5.74, 6) is 4.63. The second-order valence-corrected chi connectivity index (χ2v) is 8.09. The second-order valence-electron chi connectivity index (χ2n) is 8.09. The van der Waals surface area contributed by atoms with Crippen LogP contribution in [0, 0.1) is 11.8 Å². The Bertz CT molecular complexity index is 553. The molecule has 0 aromatic heterocycles. The van der Waals surface area contributed by atoms with Crippen LogP contribution in [0.4, 0.5) is 0 Å². The highest BCUT2D eigenvalue weighted by Gasteiger charge is 2.37. The van der Waals surface area contributed by atoms with E-state index in [0.29, 0.717) is 5.92 Å². The van der Waals surface area contributed by atoms with Crippen LogP contribution in [0.15, 0.2) is 18.2 Å². The van der Waals surface area contributed by atoms with Gasteiger partial charge >= 0.3 is 0 Å². The van der Waals surface area contributed by atoms with Gasteiger partial charge in [0, 0.05) is 11.6 Å². The van der Waals surface area contributed by atoms with Crippen LogP contribution in [-0.4, -0.2) is 38.3 Å². The molecule has 0 spiro atoms. The lowest BCUT2D eigenvalue weighted by Crippen LogP contribution is -2.43. The standard InChI is InChI=1S/C21H31NO2/c1-23-19-5-6-21(24-2)20(14-19)17-7-9-22(10-8-17)18-12-15-3-4-16(11-15)13-18/h5-6,14-18H,3-4,7-13H2,1-2H3/t15-,16-/m0/s1. The van der Waals surface area contributed by atoms with E-state index in [1.807, 2.05) is 6.07 Å². The molecule has 4 rings (SSSR count). The number of hydrogen-bond donors (Lipinski definition) is 0. The molecule has 3 nitrogen and oxygen atoms in total. The molecule has 0 amide bonds. The Hall–Kier alpha value is -1.22. The molecule has 1 saturated heterocycles. The Morgan fingerprint density at radius 2 is 1.58 bits per heavy atom. The Balaban J connectivity index is 1.41. The van der Waals surface area contributed by atoms with Gasteiger partial charge in [0.05, 0.1) is 14.2 Å². The number of ether oxygens (including phenoxy) is 2. The van der Waals surface area contributed by atoms with Crippen LogP contribution in [-0.2, 0) is 0 Å². The summed E-state index contributed by atoms with van der Waals surface area (Å²) in [4.78, 5) is 2.80. The number of rotatable bonds is 4. The van der Waals surface area contributed by atoms with E-state index in [4.69, 9.17) is 9.47 Å². The number of fused-ring (bicyclic) bond motifs is 2. The molecular formula is C21H31NO2. The van der Waals surface area contributed by atoms with Gasteiger partial charge in [0.25, 0.3) is 0 Å². The first-order valence-corrected chi connectivity index (χ1v) is 9.72. The number of likely N-dealkylation sites (tertiary alicyclic amines) is 1. The highest BCUT2D eigenvalue weighted by Crippen LogP contribution is 2.45. The summed E-state index contributed by atoms with van der Waals surface area (Å²) in [6.45, 7) is 2.49. The minimum atomic E-state index is 0.603. The number of benzene rings is 1. The average Bonchev–Trinajstić information content (AvgIpc) is 2.99. The molecule has 2 aliphatic carbocycles. The summed E-state index contributed by atoms with van der Waals surface area (Å²) in [5, 5.41) is 0. The third kappa shape index (κ3) is 3.15. The predicted molar refractivity (Wildman–Crippen MR) is 96.9 cm³/mol. The van der Waals surface area contributed by atoms with Gasteiger partial charge in [0.15, 0.2) is 0 Å². The summed E-state index contributed by atoms with van der Waals surface area (Å²) in [6.07, 6.45) is 9.93. The van der Waals surface area contributed by atoms with E-state index >= 15 is 0 Å². The van der Waals surface area contributed by atoms with Gasteiger partial charge in [-0.15, -0.1) is 0 Å². The maximum Gasteiger partial charge on any atom is 0.122 e. The first-order chi connectivity index (χ1) is 11.8. The van der Waals surface area contributed by atoms with Gasteiger partial charge < -0.3 is 14.4 Å². The normalized spacial score (nSPS) is 31.2. The van der Waals surface area contributed by atoms with Gasteiger partial charge in [-0.2, -0.15) is 0 Å². The minimum absolute atomic E-state index is 0.603. The number of piperidine rings is 1. The lowest BCUT2D eigenvalue weighted by Gasteiger charge is -2.41. The molecule has 0 radical (unpaired) electrons. The molecule has 1 heterocycles. The molecule has 132 valence electrons. The van der Waals surface area contributed by atoms with Crippen molar-refractivity contribution in [2.24, 2.45) is 11.8 Å². The van der Waals surface area contributed by atoms with Gasteiger partial charge in [-0.3, -0.25) is 0 Å². The molecule has 3 aliphatic rings. The van der Waals surface area contributed by atoms with E-state index in [2.05, 4.69) is 17.0 Å². The van der Waals surface area contributed by atoms with Gasteiger partial charge in [0.1, 0.15) is 11.5 Å². The Morgan fingerprint density at radius 1 is 0.875 bits per heavy atom. The van der Waals surface area contributed by atoms with E-state index in [1.165, 1.54) is 63.6 Å². The summed E-state index contributed by atoms with van der Waals surface area (Å²) in [6, 6.07) is 7.10. The molecule has 0 unspecified atom stereocenters. The topological polar surface area (TPSA) is 21.7 Å². The lowest BCUT2D eigenvalue weighted by molar-refractivity contribution is 0.0980. The molecule has 2 atom stereocenters. The fraction of sp³-hybridized carbons (Fsp3) is 0.714. The van der Waals surface area contributed by atoms with E-state index in [-0.39, 0.29) is 0 Å². The molecule has 1 aromatic rings. The summed E-state index contributed by atoms with van der Waals surface area (Å²) >= 11 is 0. The van der Waals surface area contributed by atoms with Crippen LogP contribution in [0.5, 0.6) is 11.5 Å². The smallest absolute Gasteiger partial charge is 0.122 e. The maximum absolute atomic E-state index is 5.61. The van der Waals surface area contributed by atoms with E-state index in [9.17, 15) is 0 Å². The van der Waals surface area contributed by atoms with Crippen LogP contribution < -0.4 is 9.47 Å². The quantitative estimate of drug-likeness (QED) is 0.814. The maximum atomic E-state index is 5.61. The molecule has 0 N–H and O–H groups in total. The zero-order valence-electron chi connectivity index (χ0n) is 15.2. The van der Waals surface area contributed by atoms with Crippen molar-refractivity contribution in [2.45, 2.75) is 56.9 Å². The van der Waals surface area contributed by atoms with Gasteiger partial charge in [-0.1, -0.05) is 12.8 Å². The molecule has 1 aromatic carbocycles. The van der Waals surface area contributed by atoms with Crippen molar-refractivity contribution in [1.82, 2.24) is 4.90 Å². The van der Waals surface area contributed by atoms with E-state index in [0.717, 1.165) is 29.4 Å². The highest BCUT2D eigenvalue weighted by atomic mass is 16.5. The van der Waals surface area contributed by atoms with Gasteiger partial charge in [-0.25, -0.2) is 0 Å². The zero-order chi connectivity index (χ0) is 16.5. The monoisotopic (exact) mass is 329 g/mol. The third-order valence-corrected chi connectivity index (χ3v) is 6.78. The summed E-state index contributed by atoms with van der Waals surface area (Å²) < 4.78 is 11.0. The molecule has 2 bridgehead atoms. The van der Waals surface area contributed by atoms with Gasteiger partial charge in [0.2, 0.25) is 0 Å². The first-order valence-electron chi connectivity index (χ1n) is 9.72. The Kier molecular flexibility index (Phi) is 4.71. The lowest BCUT2D eigenvalue weighted by atomic mass is 9.82. The molecule has 3 heteroatoms. The second kappa shape index (κ2) is 6.95. The highest BCUT2D eigenvalue weighted by molar-refractivity contribution is 5.42.